The molecule has 28 heavy (non-hydrogen) atoms. The number of nitrogens with one attached hydrogen (secondary N) is 1. The molecule has 1 aliphatic carbocycles. The van der Waals surface area contributed by atoms with Gasteiger partial charge in [-0.3, -0.25) is 14.7 Å². The summed E-state index contributed by atoms with van der Waals surface area (Å²) in [5, 5.41) is 4.31. The quantitative estimate of drug-likeness (QED) is 0.882. The van der Waals surface area contributed by atoms with E-state index in [4.69, 9.17) is 9.72 Å². The summed E-state index contributed by atoms with van der Waals surface area (Å²) in [7, 11) is 1.66. The summed E-state index contributed by atoms with van der Waals surface area (Å²) in [6.45, 7) is 5.90. The molecule has 2 aliphatic heterocycles. The fraction of sp³-hybridized carbons (Fsp3) is 0.545. The highest BCUT2D eigenvalue weighted by atomic mass is 16.5. The van der Waals surface area contributed by atoms with Crippen LogP contribution in [0.25, 0.3) is 10.9 Å². The van der Waals surface area contributed by atoms with Crippen molar-refractivity contribution in [3.63, 3.8) is 0 Å². The number of amides is 1. The minimum Gasteiger partial charge on any atom is -0.497 e. The summed E-state index contributed by atoms with van der Waals surface area (Å²) in [5.41, 5.74) is 2.75. The summed E-state index contributed by atoms with van der Waals surface area (Å²) < 4.78 is 5.40. The Morgan fingerprint density at radius 3 is 2.71 bits per heavy atom. The zero-order valence-electron chi connectivity index (χ0n) is 16.5. The van der Waals surface area contributed by atoms with E-state index in [-0.39, 0.29) is 5.91 Å². The maximum absolute atomic E-state index is 13.5. The van der Waals surface area contributed by atoms with E-state index in [1.807, 2.05) is 29.2 Å². The van der Waals surface area contributed by atoms with Crippen molar-refractivity contribution in [2.45, 2.75) is 31.2 Å². The maximum atomic E-state index is 13.5. The predicted molar refractivity (Wildman–Crippen MR) is 109 cm³/mol. The Labute approximate surface area is 165 Å². The third-order valence-corrected chi connectivity index (χ3v) is 6.38. The van der Waals surface area contributed by atoms with E-state index < -0.39 is 0 Å². The molecule has 3 fully saturated rings. The molecule has 6 heteroatoms. The maximum Gasteiger partial charge on any atom is 0.254 e. The molecule has 1 aromatic carbocycles. The first kappa shape index (κ1) is 17.9. The van der Waals surface area contributed by atoms with E-state index in [1.165, 1.54) is 12.8 Å². The summed E-state index contributed by atoms with van der Waals surface area (Å²) >= 11 is 0. The highest BCUT2D eigenvalue weighted by Gasteiger charge is 2.33. The highest BCUT2D eigenvalue weighted by molar-refractivity contribution is 6.06. The molecule has 1 atom stereocenters. The molecule has 1 N–H and O–H groups in total. The second-order valence-corrected chi connectivity index (χ2v) is 8.23. The Morgan fingerprint density at radius 2 is 1.96 bits per heavy atom. The van der Waals surface area contributed by atoms with Crippen molar-refractivity contribution < 1.29 is 9.53 Å². The molecule has 148 valence electrons. The van der Waals surface area contributed by atoms with Gasteiger partial charge in [0.1, 0.15) is 5.75 Å². The van der Waals surface area contributed by atoms with Gasteiger partial charge >= 0.3 is 0 Å². The van der Waals surface area contributed by atoms with Crippen LogP contribution in [0.2, 0.25) is 0 Å². The van der Waals surface area contributed by atoms with Gasteiger partial charge in [-0.05, 0) is 43.5 Å². The zero-order valence-corrected chi connectivity index (χ0v) is 16.5. The number of likely N-dealkylation sites (tertiary alicyclic amines) is 1. The van der Waals surface area contributed by atoms with E-state index in [0.717, 1.165) is 73.6 Å². The summed E-state index contributed by atoms with van der Waals surface area (Å²) in [5.74, 6) is 1.42. The van der Waals surface area contributed by atoms with Crippen LogP contribution in [0.15, 0.2) is 24.3 Å². The number of piperazine rings is 1. The van der Waals surface area contributed by atoms with E-state index in [2.05, 4.69) is 10.2 Å². The Bertz CT molecular complexity index is 889. The SMILES string of the molecule is COc1ccc2nc(C3CC3)cc(C(=O)N3CCC(N4CCNCC4)C3)c2c1. The van der Waals surface area contributed by atoms with E-state index in [1.54, 1.807) is 7.11 Å². The van der Waals surface area contributed by atoms with Crippen molar-refractivity contribution in [3.05, 3.63) is 35.5 Å². The molecule has 0 spiro atoms. The van der Waals surface area contributed by atoms with Crippen LogP contribution in [0.1, 0.15) is 41.2 Å². The van der Waals surface area contributed by atoms with Gasteiger partial charge in [-0.1, -0.05) is 0 Å². The fourth-order valence-electron chi connectivity index (χ4n) is 4.56. The smallest absolute Gasteiger partial charge is 0.254 e. The van der Waals surface area contributed by atoms with Gasteiger partial charge in [0, 0.05) is 62.3 Å². The minimum absolute atomic E-state index is 0.139. The fourth-order valence-corrected chi connectivity index (χ4v) is 4.56. The molecule has 3 aliphatic rings. The number of aromatic nitrogens is 1. The Balaban J connectivity index is 1.44. The van der Waals surface area contributed by atoms with Crippen LogP contribution < -0.4 is 10.1 Å². The molecule has 1 amide bonds. The average molecular weight is 380 g/mol. The summed E-state index contributed by atoms with van der Waals surface area (Å²) in [4.78, 5) is 22.9. The topological polar surface area (TPSA) is 57.7 Å². The number of fused-ring (bicyclic) bond motifs is 1. The minimum atomic E-state index is 0.139. The first-order valence-electron chi connectivity index (χ1n) is 10.5. The highest BCUT2D eigenvalue weighted by Crippen LogP contribution is 2.40. The van der Waals surface area contributed by atoms with Gasteiger partial charge in [0.15, 0.2) is 0 Å². The molecule has 2 aromatic rings. The summed E-state index contributed by atoms with van der Waals surface area (Å²) in [6.07, 6.45) is 3.42. The van der Waals surface area contributed by atoms with Gasteiger partial charge in [0.2, 0.25) is 0 Å². The number of pyridine rings is 1. The van der Waals surface area contributed by atoms with Crippen molar-refractivity contribution in [2.24, 2.45) is 0 Å². The van der Waals surface area contributed by atoms with Gasteiger partial charge in [-0.2, -0.15) is 0 Å². The number of rotatable bonds is 4. The standard InChI is InChI=1S/C22H28N4O2/c1-28-17-4-5-20-18(12-17)19(13-21(24-20)15-2-3-15)22(27)26-9-6-16(14-26)25-10-7-23-8-11-25/h4-5,12-13,15-16,23H,2-3,6-11,14H2,1H3. The molecule has 1 unspecified atom stereocenters. The number of ether oxygens (including phenoxy) is 1. The van der Waals surface area contributed by atoms with Crippen LogP contribution >= 0.6 is 0 Å². The number of carbonyl (C=O) groups excluding carboxylic acids is 1. The zero-order chi connectivity index (χ0) is 19.1. The van der Waals surface area contributed by atoms with Gasteiger partial charge < -0.3 is 15.0 Å². The second kappa shape index (κ2) is 7.33. The lowest BCUT2D eigenvalue weighted by Crippen LogP contribution is -2.49. The molecular weight excluding hydrogens is 352 g/mol. The van der Waals surface area contributed by atoms with Crippen LogP contribution in [0.5, 0.6) is 5.75 Å². The molecule has 1 saturated carbocycles. The number of hydrogen-bond acceptors (Lipinski definition) is 5. The van der Waals surface area contributed by atoms with Crippen LogP contribution in [0.3, 0.4) is 0 Å². The third kappa shape index (κ3) is 3.35. The van der Waals surface area contributed by atoms with Crippen molar-refractivity contribution in [1.82, 2.24) is 20.1 Å². The lowest BCUT2D eigenvalue weighted by molar-refractivity contribution is 0.0775. The third-order valence-electron chi connectivity index (χ3n) is 6.38. The number of nitrogens with zero attached hydrogens (tertiary/aromatic N) is 3. The van der Waals surface area contributed by atoms with E-state index >= 15 is 0 Å². The molecular formula is C22H28N4O2. The normalized spacial score (nSPS) is 23.3. The molecule has 5 rings (SSSR count). The predicted octanol–water partition coefficient (Wildman–Crippen LogP) is 2.24. The van der Waals surface area contributed by atoms with Gasteiger partial charge in [0.05, 0.1) is 18.2 Å². The van der Waals surface area contributed by atoms with Crippen molar-refractivity contribution >= 4 is 16.8 Å². The second-order valence-electron chi connectivity index (χ2n) is 8.23. The molecule has 3 heterocycles. The van der Waals surface area contributed by atoms with Crippen LogP contribution in [-0.2, 0) is 0 Å². The molecule has 6 nitrogen and oxygen atoms in total. The number of hydrogen-bond donors (Lipinski definition) is 1. The first-order valence-corrected chi connectivity index (χ1v) is 10.5. The van der Waals surface area contributed by atoms with Gasteiger partial charge in [-0.25, -0.2) is 0 Å². The monoisotopic (exact) mass is 380 g/mol. The Hall–Kier alpha value is -2.18. The number of methoxy groups -OCH3 is 1. The van der Waals surface area contributed by atoms with Crippen LogP contribution in [0, 0.1) is 0 Å². The van der Waals surface area contributed by atoms with Crippen molar-refractivity contribution in [1.29, 1.82) is 0 Å². The molecule has 0 radical (unpaired) electrons. The van der Waals surface area contributed by atoms with E-state index in [9.17, 15) is 4.79 Å². The Morgan fingerprint density at radius 1 is 1.14 bits per heavy atom. The molecule has 0 bridgehead atoms. The van der Waals surface area contributed by atoms with Crippen LogP contribution in [-0.4, -0.2) is 73.1 Å². The van der Waals surface area contributed by atoms with Crippen LogP contribution in [0.4, 0.5) is 0 Å². The lowest BCUT2D eigenvalue weighted by Gasteiger charge is -2.32. The summed E-state index contributed by atoms with van der Waals surface area (Å²) in [6, 6.07) is 8.38. The average Bonchev–Trinajstić information content (AvgIpc) is 3.49. The van der Waals surface area contributed by atoms with Gasteiger partial charge in [-0.15, -0.1) is 0 Å². The van der Waals surface area contributed by atoms with Crippen molar-refractivity contribution in [3.8, 4) is 5.75 Å². The first-order chi connectivity index (χ1) is 13.7. The molecule has 2 saturated heterocycles. The molecule has 1 aromatic heterocycles. The van der Waals surface area contributed by atoms with Gasteiger partial charge in [0.25, 0.3) is 5.91 Å². The lowest BCUT2D eigenvalue weighted by atomic mass is 10.0. The number of benzene rings is 1. The Kier molecular flexibility index (Phi) is 4.69. The van der Waals surface area contributed by atoms with E-state index in [0.29, 0.717) is 12.0 Å². The van der Waals surface area contributed by atoms with Crippen molar-refractivity contribution in [2.75, 3.05) is 46.4 Å². The number of carbonyl (C=O) groups is 1. The largest absolute Gasteiger partial charge is 0.497 e.